The van der Waals surface area contributed by atoms with Gasteiger partial charge in [-0.1, -0.05) is 48.0 Å². The number of methoxy groups -OCH3 is 2. The van der Waals surface area contributed by atoms with Crippen molar-refractivity contribution in [1.82, 2.24) is 19.8 Å². The summed E-state index contributed by atoms with van der Waals surface area (Å²) < 4.78 is 29.3. The smallest absolute Gasteiger partial charge is 0.271 e. The molecule has 0 unspecified atom stereocenters. The number of carbonyl (C=O) groups is 1. The van der Waals surface area contributed by atoms with Crippen LogP contribution in [0, 0.1) is 19.7 Å². The van der Waals surface area contributed by atoms with Crippen LogP contribution in [0.4, 0.5) is 4.39 Å². The van der Waals surface area contributed by atoms with Crippen molar-refractivity contribution >= 4 is 34.6 Å². The van der Waals surface area contributed by atoms with Crippen LogP contribution in [0.1, 0.15) is 38.3 Å². The van der Waals surface area contributed by atoms with Gasteiger partial charge in [-0.25, -0.2) is 9.82 Å². The van der Waals surface area contributed by atoms with Gasteiger partial charge in [0.25, 0.3) is 5.91 Å². The van der Waals surface area contributed by atoms with E-state index in [1.807, 2.05) is 36.4 Å². The van der Waals surface area contributed by atoms with Gasteiger partial charge >= 0.3 is 0 Å². The fourth-order valence-electron chi connectivity index (χ4n) is 5.65. The van der Waals surface area contributed by atoms with E-state index in [2.05, 4.69) is 41.1 Å². The van der Waals surface area contributed by atoms with E-state index < -0.39 is 5.82 Å². The molecule has 0 fully saturated rings. The van der Waals surface area contributed by atoms with Crippen molar-refractivity contribution in [2.24, 2.45) is 5.10 Å². The lowest BCUT2D eigenvalue weighted by Gasteiger charge is -2.09. The first-order chi connectivity index (χ1) is 22.8. The molecule has 0 radical (unpaired) electrons. The normalized spacial score (nSPS) is 11.4. The number of nitrogens with zero attached hydrogens (tertiary/aromatic N) is 4. The van der Waals surface area contributed by atoms with Crippen LogP contribution in [0.3, 0.4) is 0 Å². The fraction of sp³-hybridized carbons (Fsp3) is 0.162. The number of rotatable bonds is 10. The van der Waals surface area contributed by atoms with Gasteiger partial charge in [0.2, 0.25) is 0 Å². The third-order valence-corrected chi connectivity index (χ3v) is 8.64. The molecule has 0 saturated carbocycles. The lowest BCUT2D eigenvalue weighted by atomic mass is 10.1. The van der Waals surface area contributed by atoms with Gasteiger partial charge in [0, 0.05) is 56.6 Å². The summed E-state index contributed by atoms with van der Waals surface area (Å²) in [5, 5.41) is 10.3. The molecule has 0 aliphatic heterocycles. The maximum Gasteiger partial charge on any atom is 0.271 e. The second kappa shape index (κ2) is 13.5. The first-order valence-corrected chi connectivity index (χ1v) is 15.3. The monoisotopic (exact) mass is 649 g/mol. The average Bonchev–Trinajstić information content (AvgIpc) is 3.60. The van der Waals surface area contributed by atoms with Crippen molar-refractivity contribution in [3.8, 4) is 22.8 Å². The molecular weight excluding hydrogens is 617 g/mol. The van der Waals surface area contributed by atoms with Crippen LogP contribution in [0.2, 0.25) is 5.02 Å². The van der Waals surface area contributed by atoms with Crippen molar-refractivity contribution in [2.45, 2.75) is 26.9 Å². The molecule has 47 heavy (non-hydrogen) atoms. The molecule has 4 aromatic carbocycles. The number of halogens is 2. The Morgan fingerprint density at radius 2 is 1.74 bits per heavy atom. The molecule has 0 spiro atoms. The maximum absolute atomic E-state index is 14.6. The Balaban J connectivity index is 1.28. The molecule has 0 saturated heterocycles. The molecule has 0 aliphatic carbocycles. The van der Waals surface area contributed by atoms with Gasteiger partial charge < -0.3 is 14.0 Å². The Labute approximate surface area is 277 Å². The molecule has 6 rings (SSSR count). The van der Waals surface area contributed by atoms with E-state index >= 15 is 0 Å². The number of hydrogen-bond acceptors (Lipinski definition) is 5. The van der Waals surface area contributed by atoms with Crippen LogP contribution in [0.25, 0.3) is 22.2 Å². The van der Waals surface area contributed by atoms with Crippen LogP contribution in [0.5, 0.6) is 11.5 Å². The standard InChI is InChI=1S/C37H33ClFN5O3/c1-23-24(2)44(20-25-9-6-5-7-10-25)33-15-13-27(17-29(23)33)37(45)41-40-19-28-21-43(22-30-31(38)11-8-12-32(30)39)42-36(28)26-14-16-34(46-3)35(18-26)47-4/h5-19,21H,20,22H2,1-4H3,(H,41,45)/b40-19-. The highest BCUT2D eigenvalue weighted by Crippen LogP contribution is 2.33. The fourth-order valence-corrected chi connectivity index (χ4v) is 5.87. The van der Waals surface area contributed by atoms with Crippen LogP contribution in [0.15, 0.2) is 96.2 Å². The number of benzene rings is 4. The van der Waals surface area contributed by atoms with E-state index in [1.165, 1.54) is 17.8 Å². The molecule has 0 atom stereocenters. The van der Waals surface area contributed by atoms with Crippen molar-refractivity contribution in [3.63, 3.8) is 0 Å². The Hall–Kier alpha value is -5.41. The number of aryl methyl sites for hydroxylation is 1. The minimum absolute atomic E-state index is 0.0920. The predicted molar refractivity (Wildman–Crippen MR) is 183 cm³/mol. The SMILES string of the molecule is COc1ccc(-c2nn(Cc3c(F)cccc3Cl)cc2/C=N\NC(=O)c2ccc3c(c2)c(C)c(C)n3Cc2ccccc2)cc1OC. The Kier molecular flexibility index (Phi) is 9.08. The Morgan fingerprint density at radius 3 is 2.49 bits per heavy atom. The van der Waals surface area contributed by atoms with Gasteiger partial charge in [-0.05, 0) is 73.5 Å². The molecule has 2 aromatic heterocycles. The highest BCUT2D eigenvalue weighted by Gasteiger charge is 2.17. The summed E-state index contributed by atoms with van der Waals surface area (Å²) in [6.07, 6.45) is 3.23. The van der Waals surface area contributed by atoms with Gasteiger partial charge in [-0.2, -0.15) is 10.2 Å². The topological polar surface area (TPSA) is 82.7 Å². The largest absolute Gasteiger partial charge is 0.493 e. The van der Waals surface area contributed by atoms with Gasteiger partial charge in [-0.15, -0.1) is 0 Å². The van der Waals surface area contributed by atoms with E-state index in [0.717, 1.165) is 28.7 Å². The van der Waals surface area contributed by atoms with E-state index in [9.17, 15) is 9.18 Å². The lowest BCUT2D eigenvalue weighted by Crippen LogP contribution is -2.17. The van der Waals surface area contributed by atoms with Crippen molar-refractivity contribution in [1.29, 1.82) is 0 Å². The van der Waals surface area contributed by atoms with Crippen molar-refractivity contribution in [3.05, 3.63) is 135 Å². The summed E-state index contributed by atoms with van der Waals surface area (Å²) in [7, 11) is 3.11. The zero-order valence-electron chi connectivity index (χ0n) is 26.4. The second-order valence-electron chi connectivity index (χ2n) is 11.1. The number of amides is 1. The maximum atomic E-state index is 14.6. The molecule has 238 valence electrons. The van der Waals surface area contributed by atoms with E-state index in [0.29, 0.717) is 44.5 Å². The molecule has 1 amide bonds. The third kappa shape index (κ3) is 6.48. The number of aromatic nitrogens is 3. The minimum atomic E-state index is -0.430. The number of ether oxygens (including phenoxy) is 2. The number of carbonyl (C=O) groups excluding carboxylic acids is 1. The quantitative estimate of drug-likeness (QED) is 0.121. The summed E-state index contributed by atoms with van der Waals surface area (Å²) in [4.78, 5) is 13.3. The number of hydrazone groups is 1. The molecule has 8 nitrogen and oxygen atoms in total. The summed E-state index contributed by atoms with van der Waals surface area (Å²) >= 11 is 6.30. The van der Waals surface area contributed by atoms with Crippen LogP contribution >= 0.6 is 11.6 Å². The second-order valence-corrected chi connectivity index (χ2v) is 11.5. The predicted octanol–water partition coefficient (Wildman–Crippen LogP) is 7.79. The summed E-state index contributed by atoms with van der Waals surface area (Å²) in [5.41, 5.74) is 9.83. The molecule has 6 aromatic rings. The summed E-state index contributed by atoms with van der Waals surface area (Å²) in [5.74, 6) is 0.302. The van der Waals surface area contributed by atoms with E-state index in [-0.39, 0.29) is 12.5 Å². The average molecular weight is 650 g/mol. The summed E-state index contributed by atoms with van der Waals surface area (Å²) in [6.45, 7) is 5.00. The van der Waals surface area contributed by atoms with Crippen LogP contribution in [-0.2, 0) is 13.1 Å². The molecule has 0 bridgehead atoms. The van der Waals surface area contributed by atoms with Gasteiger partial charge in [-0.3, -0.25) is 9.48 Å². The molecule has 1 N–H and O–H groups in total. The zero-order valence-corrected chi connectivity index (χ0v) is 27.2. The van der Waals surface area contributed by atoms with Crippen LogP contribution in [-0.4, -0.2) is 40.7 Å². The van der Waals surface area contributed by atoms with E-state index in [1.54, 1.807) is 55.4 Å². The summed E-state index contributed by atoms with van der Waals surface area (Å²) in [6, 6.07) is 25.9. The highest BCUT2D eigenvalue weighted by atomic mass is 35.5. The molecule has 2 heterocycles. The Morgan fingerprint density at radius 1 is 0.957 bits per heavy atom. The molecular formula is C37H33ClFN5O3. The lowest BCUT2D eigenvalue weighted by molar-refractivity contribution is 0.0955. The minimum Gasteiger partial charge on any atom is -0.493 e. The Bertz CT molecular complexity index is 2100. The zero-order chi connectivity index (χ0) is 33.1. The first kappa shape index (κ1) is 31.6. The van der Waals surface area contributed by atoms with Crippen LogP contribution < -0.4 is 14.9 Å². The number of hydrogen-bond donors (Lipinski definition) is 1. The highest BCUT2D eigenvalue weighted by molar-refractivity contribution is 6.31. The number of nitrogens with one attached hydrogen (secondary N) is 1. The third-order valence-electron chi connectivity index (χ3n) is 8.28. The van der Waals surface area contributed by atoms with Crippen molar-refractivity contribution in [2.75, 3.05) is 14.2 Å². The van der Waals surface area contributed by atoms with Gasteiger partial charge in [0.1, 0.15) is 11.5 Å². The molecule has 10 heteroatoms. The van der Waals surface area contributed by atoms with E-state index in [4.69, 9.17) is 26.2 Å². The molecule has 0 aliphatic rings. The number of fused-ring (bicyclic) bond motifs is 1. The first-order valence-electron chi connectivity index (χ1n) is 15.0. The van der Waals surface area contributed by atoms with Crippen molar-refractivity contribution < 1.29 is 18.7 Å². The van der Waals surface area contributed by atoms with Gasteiger partial charge in [0.05, 0.1) is 27.0 Å². The van der Waals surface area contributed by atoms with Gasteiger partial charge in [0.15, 0.2) is 11.5 Å².